The fourth-order valence-corrected chi connectivity index (χ4v) is 1.84. The summed E-state index contributed by atoms with van der Waals surface area (Å²) >= 11 is 0. The highest BCUT2D eigenvalue weighted by Gasteiger charge is 2.02. The number of hydrogen-bond acceptors (Lipinski definition) is 3. The van der Waals surface area contributed by atoms with E-state index in [1.165, 1.54) is 0 Å². The van der Waals surface area contributed by atoms with E-state index in [2.05, 4.69) is 11.2 Å². The van der Waals surface area contributed by atoms with E-state index < -0.39 is 0 Å². The molecular weight excluding hydrogens is 250 g/mol. The molecule has 0 radical (unpaired) electrons. The molecule has 0 amide bonds. The SMILES string of the molecule is C#CCOc1ccccc1CNc1cccc(OC)c1. The number of terminal acetylenes is 1. The zero-order valence-corrected chi connectivity index (χ0v) is 11.4. The minimum absolute atomic E-state index is 0.274. The molecule has 0 fully saturated rings. The normalized spacial score (nSPS) is 9.60. The van der Waals surface area contributed by atoms with Gasteiger partial charge in [0.05, 0.1) is 7.11 Å². The summed E-state index contributed by atoms with van der Waals surface area (Å²) in [5.41, 5.74) is 2.06. The van der Waals surface area contributed by atoms with Crippen LogP contribution in [-0.2, 0) is 6.54 Å². The number of ether oxygens (including phenoxy) is 2. The average Bonchev–Trinajstić information content (AvgIpc) is 2.52. The molecule has 0 unspecified atom stereocenters. The maximum Gasteiger partial charge on any atom is 0.148 e. The number of methoxy groups -OCH3 is 1. The van der Waals surface area contributed by atoms with Gasteiger partial charge in [-0.1, -0.05) is 30.2 Å². The van der Waals surface area contributed by atoms with Gasteiger partial charge < -0.3 is 14.8 Å². The average molecular weight is 267 g/mol. The molecule has 0 spiro atoms. The van der Waals surface area contributed by atoms with Gasteiger partial charge >= 0.3 is 0 Å². The third kappa shape index (κ3) is 3.69. The first-order valence-electron chi connectivity index (χ1n) is 6.35. The van der Waals surface area contributed by atoms with Gasteiger partial charge in [0.15, 0.2) is 0 Å². The molecule has 1 N–H and O–H groups in total. The van der Waals surface area contributed by atoms with Crippen LogP contribution in [0, 0.1) is 12.3 Å². The molecule has 102 valence electrons. The van der Waals surface area contributed by atoms with E-state index in [-0.39, 0.29) is 6.61 Å². The molecule has 20 heavy (non-hydrogen) atoms. The molecule has 0 saturated carbocycles. The van der Waals surface area contributed by atoms with E-state index in [4.69, 9.17) is 15.9 Å². The molecule has 0 aliphatic heterocycles. The number of anilines is 1. The van der Waals surface area contributed by atoms with Crippen LogP contribution in [-0.4, -0.2) is 13.7 Å². The highest BCUT2D eigenvalue weighted by atomic mass is 16.5. The van der Waals surface area contributed by atoms with Crippen LogP contribution in [0.4, 0.5) is 5.69 Å². The Labute approximate surface area is 119 Å². The van der Waals surface area contributed by atoms with E-state index in [0.717, 1.165) is 22.7 Å². The fourth-order valence-electron chi connectivity index (χ4n) is 1.84. The second-order valence-electron chi connectivity index (χ2n) is 4.19. The van der Waals surface area contributed by atoms with E-state index >= 15 is 0 Å². The van der Waals surface area contributed by atoms with Crippen LogP contribution >= 0.6 is 0 Å². The third-order valence-electron chi connectivity index (χ3n) is 2.84. The summed E-state index contributed by atoms with van der Waals surface area (Å²) < 4.78 is 10.7. The van der Waals surface area contributed by atoms with Crippen LogP contribution in [0.5, 0.6) is 11.5 Å². The molecule has 0 aliphatic carbocycles. The Bertz CT molecular complexity index is 602. The van der Waals surface area contributed by atoms with Gasteiger partial charge in [0.1, 0.15) is 18.1 Å². The molecule has 2 aromatic carbocycles. The van der Waals surface area contributed by atoms with E-state index in [0.29, 0.717) is 6.54 Å². The highest BCUT2D eigenvalue weighted by Crippen LogP contribution is 2.21. The van der Waals surface area contributed by atoms with Crippen molar-refractivity contribution in [1.29, 1.82) is 0 Å². The van der Waals surface area contributed by atoms with E-state index in [1.54, 1.807) is 7.11 Å². The molecule has 3 heteroatoms. The van der Waals surface area contributed by atoms with Crippen molar-refractivity contribution in [3.63, 3.8) is 0 Å². The van der Waals surface area contributed by atoms with Crippen LogP contribution in [0.2, 0.25) is 0 Å². The number of rotatable bonds is 6. The Morgan fingerprint density at radius 2 is 2.00 bits per heavy atom. The summed E-state index contributed by atoms with van der Waals surface area (Å²) in [6, 6.07) is 15.6. The molecule has 0 atom stereocenters. The number of benzene rings is 2. The first kappa shape index (κ1) is 13.8. The molecule has 3 nitrogen and oxygen atoms in total. The molecule has 2 rings (SSSR count). The van der Waals surface area contributed by atoms with Crippen molar-refractivity contribution >= 4 is 5.69 Å². The lowest BCUT2D eigenvalue weighted by Crippen LogP contribution is -2.03. The Morgan fingerprint density at radius 3 is 2.80 bits per heavy atom. The van der Waals surface area contributed by atoms with Crippen molar-refractivity contribution in [2.75, 3.05) is 19.0 Å². The molecule has 0 heterocycles. The largest absolute Gasteiger partial charge is 0.497 e. The lowest BCUT2D eigenvalue weighted by Gasteiger charge is -2.12. The highest BCUT2D eigenvalue weighted by molar-refractivity contribution is 5.49. The van der Waals surface area contributed by atoms with E-state index in [9.17, 15) is 0 Å². The summed E-state index contributed by atoms with van der Waals surface area (Å²) in [5.74, 6) is 4.11. The van der Waals surface area contributed by atoms with Crippen molar-refractivity contribution in [3.8, 4) is 23.8 Å². The van der Waals surface area contributed by atoms with Crippen molar-refractivity contribution < 1.29 is 9.47 Å². The van der Waals surface area contributed by atoms with Crippen LogP contribution < -0.4 is 14.8 Å². The topological polar surface area (TPSA) is 30.5 Å². The first-order valence-corrected chi connectivity index (χ1v) is 6.35. The van der Waals surface area contributed by atoms with E-state index in [1.807, 2.05) is 48.5 Å². The lowest BCUT2D eigenvalue weighted by molar-refractivity contribution is 0.366. The molecule has 0 saturated heterocycles. The Hall–Kier alpha value is -2.60. The summed E-state index contributed by atoms with van der Waals surface area (Å²) in [6.07, 6.45) is 5.22. The van der Waals surface area contributed by atoms with Gasteiger partial charge in [-0.05, 0) is 18.2 Å². The van der Waals surface area contributed by atoms with Crippen LogP contribution in [0.1, 0.15) is 5.56 Å². The second kappa shape index (κ2) is 7.10. The monoisotopic (exact) mass is 267 g/mol. The minimum atomic E-state index is 0.274. The Kier molecular flexibility index (Phi) is 4.91. The Balaban J connectivity index is 2.05. The third-order valence-corrected chi connectivity index (χ3v) is 2.84. The van der Waals surface area contributed by atoms with Gasteiger partial charge in [-0.3, -0.25) is 0 Å². The van der Waals surface area contributed by atoms with Gasteiger partial charge in [0, 0.05) is 23.9 Å². The number of hydrogen-bond donors (Lipinski definition) is 1. The molecule has 0 bridgehead atoms. The Morgan fingerprint density at radius 1 is 1.15 bits per heavy atom. The van der Waals surface area contributed by atoms with Crippen LogP contribution in [0.25, 0.3) is 0 Å². The number of nitrogens with one attached hydrogen (secondary N) is 1. The predicted molar refractivity (Wildman–Crippen MR) is 81.1 cm³/mol. The molecule has 0 aliphatic rings. The second-order valence-corrected chi connectivity index (χ2v) is 4.19. The minimum Gasteiger partial charge on any atom is -0.497 e. The molecular formula is C17H17NO2. The zero-order valence-electron chi connectivity index (χ0n) is 11.4. The van der Waals surface area contributed by atoms with Crippen molar-refractivity contribution in [2.45, 2.75) is 6.54 Å². The maximum atomic E-state index is 5.52. The van der Waals surface area contributed by atoms with Crippen LogP contribution in [0.3, 0.4) is 0 Å². The van der Waals surface area contributed by atoms with Crippen molar-refractivity contribution in [2.24, 2.45) is 0 Å². The predicted octanol–water partition coefficient (Wildman–Crippen LogP) is 3.32. The van der Waals surface area contributed by atoms with Gasteiger partial charge in [0.2, 0.25) is 0 Å². The first-order chi connectivity index (χ1) is 9.83. The summed E-state index contributed by atoms with van der Waals surface area (Å²) in [6.45, 7) is 0.935. The summed E-state index contributed by atoms with van der Waals surface area (Å²) in [4.78, 5) is 0. The van der Waals surface area contributed by atoms with Gasteiger partial charge in [-0.25, -0.2) is 0 Å². The molecule has 0 aromatic heterocycles. The zero-order chi connectivity index (χ0) is 14.2. The van der Waals surface area contributed by atoms with Gasteiger partial charge in [0.25, 0.3) is 0 Å². The van der Waals surface area contributed by atoms with Crippen LogP contribution in [0.15, 0.2) is 48.5 Å². The number of para-hydroxylation sites is 1. The summed E-state index contributed by atoms with van der Waals surface area (Å²) in [7, 11) is 1.65. The smallest absolute Gasteiger partial charge is 0.148 e. The fraction of sp³-hybridized carbons (Fsp3) is 0.176. The quantitative estimate of drug-likeness (QED) is 0.814. The maximum absolute atomic E-state index is 5.52. The standard InChI is InChI=1S/C17H17NO2/c1-3-11-20-17-10-5-4-7-14(17)13-18-15-8-6-9-16(12-15)19-2/h1,4-10,12,18H,11,13H2,2H3. The van der Waals surface area contributed by atoms with Crippen molar-refractivity contribution in [3.05, 3.63) is 54.1 Å². The summed E-state index contributed by atoms with van der Waals surface area (Å²) in [5, 5.41) is 3.34. The lowest BCUT2D eigenvalue weighted by atomic mass is 10.2. The molecule has 2 aromatic rings. The van der Waals surface area contributed by atoms with Crippen molar-refractivity contribution in [1.82, 2.24) is 0 Å². The van der Waals surface area contributed by atoms with Gasteiger partial charge in [-0.2, -0.15) is 0 Å². The van der Waals surface area contributed by atoms with Gasteiger partial charge in [-0.15, -0.1) is 6.42 Å².